The molecule has 0 fully saturated rings. The van der Waals surface area contributed by atoms with Gasteiger partial charge >= 0.3 is 0 Å². The van der Waals surface area contributed by atoms with E-state index in [1.807, 2.05) is 0 Å². The first kappa shape index (κ1) is 16.1. The summed E-state index contributed by atoms with van der Waals surface area (Å²) < 4.78 is 25.9. The fraction of sp³-hybridized carbons (Fsp3) is 0.455. The maximum Gasteiger partial charge on any atom is 0.244 e. The van der Waals surface area contributed by atoms with Gasteiger partial charge < -0.3 is 0 Å². The third-order valence-corrected chi connectivity index (χ3v) is 5.77. The lowest BCUT2D eigenvalue weighted by Gasteiger charge is -2.22. The molecule has 1 aromatic rings. The Morgan fingerprint density at radius 1 is 1.22 bits per heavy atom. The summed E-state index contributed by atoms with van der Waals surface area (Å²) in [6, 6.07) is 2.66. The second-order valence-corrected chi connectivity index (χ2v) is 7.17. The summed E-state index contributed by atoms with van der Waals surface area (Å²) in [6.07, 6.45) is 0. The molecular formula is C11H14Cl3NO2S. The van der Waals surface area contributed by atoms with Gasteiger partial charge in [-0.05, 0) is 31.5 Å². The Balaban J connectivity index is 3.42. The van der Waals surface area contributed by atoms with E-state index >= 15 is 0 Å². The molecule has 0 N–H and O–H groups in total. The van der Waals surface area contributed by atoms with Crippen molar-refractivity contribution in [2.75, 3.05) is 7.05 Å². The van der Waals surface area contributed by atoms with Crippen LogP contribution in [0.3, 0.4) is 0 Å². The minimum atomic E-state index is -3.63. The molecule has 3 nitrogen and oxygen atoms in total. The second kappa shape index (κ2) is 5.97. The van der Waals surface area contributed by atoms with E-state index in [-0.39, 0.29) is 21.8 Å². The Bertz CT molecular complexity index is 543. The van der Waals surface area contributed by atoms with Gasteiger partial charge in [0.2, 0.25) is 10.0 Å². The largest absolute Gasteiger partial charge is 0.244 e. The molecule has 0 aliphatic rings. The van der Waals surface area contributed by atoms with Crippen molar-refractivity contribution in [3.8, 4) is 0 Å². The average Bonchev–Trinajstić information content (AvgIpc) is 2.27. The smallest absolute Gasteiger partial charge is 0.207 e. The van der Waals surface area contributed by atoms with E-state index in [0.29, 0.717) is 10.6 Å². The van der Waals surface area contributed by atoms with Crippen LogP contribution in [-0.4, -0.2) is 25.8 Å². The molecule has 102 valence electrons. The molecule has 0 bridgehead atoms. The van der Waals surface area contributed by atoms with Crippen molar-refractivity contribution in [3.05, 3.63) is 27.7 Å². The van der Waals surface area contributed by atoms with Crippen molar-refractivity contribution >= 4 is 44.8 Å². The van der Waals surface area contributed by atoms with Crippen molar-refractivity contribution in [1.82, 2.24) is 4.31 Å². The molecule has 0 saturated heterocycles. The van der Waals surface area contributed by atoms with Gasteiger partial charge in [0, 0.05) is 24.0 Å². The summed E-state index contributed by atoms with van der Waals surface area (Å²) in [5.41, 5.74) is 0.540. The number of sulfonamides is 1. The summed E-state index contributed by atoms with van der Waals surface area (Å²) in [7, 11) is -2.13. The highest BCUT2D eigenvalue weighted by Crippen LogP contribution is 2.31. The normalized spacial score (nSPS) is 12.4. The molecule has 0 aliphatic carbocycles. The summed E-state index contributed by atoms with van der Waals surface area (Å²) in [6.45, 7) is 3.56. The lowest BCUT2D eigenvalue weighted by Crippen LogP contribution is -2.33. The van der Waals surface area contributed by atoms with Crippen LogP contribution < -0.4 is 0 Å². The average molecular weight is 331 g/mol. The van der Waals surface area contributed by atoms with E-state index in [2.05, 4.69) is 0 Å². The molecule has 0 spiro atoms. The van der Waals surface area contributed by atoms with Gasteiger partial charge in [0.1, 0.15) is 4.90 Å². The first-order valence-electron chi connectivity index (χ1n) is 5.23. The third-order valence-electron chi connectivity index (χ3n) is 2.63. The van der Waals surface area contributed by atoms with Crippen LogP contribution in [0.2, 0.25) is 10.0 Å². The van der Waals surface area contributed by atoms with Crippen LogP contribution in [0, 0.1) is 0 Å². The molecule has 0 atom stereocenters. The van der Waals surface area contributed by atoms with Crippen LogP contribution in [0.5, 0.6) is 0 Å². The second-order valence-electron chi connectivity index (χ2n) is 4.12. The number of hydrogen-bond acceptors (Lipinski definition) is 2. The molecule has 1 rings (SSSR count). The van der Waals surface area contributed by atoms with E-state index in [1.165, 1.54) is 23.5 Å². The number of benzene rings is 1. The van der Waals surface area contributed by atoms with Crippen LogP contribution >= 0.6 is 34.8 Å². The van der Waals surface area contributed by atoms with Gasteiger partial charge in [-0.2, -0.15) is 4.31 Å². The zero-order valence-electron chi connectivity index (χ0n) is 10.2. The summed E-state index contributed by atoms with van der Waals surface area (Å²) in [5.74, 6) is 0.129. The number of rotatable bonds is 4. The van der Waals surface area contributed by atoms with E-state index in [0.717, 1.165) is 0 Å². The molecular weight excluding hydrogens is 317 g/mol. The molecule has 0 unspecified atom stereocenters. The number of nitrogens with zero attached hydrogens (tertiary/aromatic N) is 1. The van der Waals surface area contributed by atoms with Crippen LogP contribution in [0.4, 0.5) is 0 Å². The Morgan fingerprint density at radius 3 is 2.22 bits per heavy atom. The van der Waals surface area contributed by atoms with Gasteiger partial charge in [-0.15, -0.1) is 11.6 Å². The number of alkyl halides is 1. The van der Waals surface area contributed by atoms with Crippen molar-refractivity contribution in [2.24, 2.45) is 0 Å². The zero-order chi connectivity index (χ0) is 14.1. The van der Waals surface area contributed by atoms with E-state index < -0.39 is 10.0 Å². The minimum Gasteiger partial charge on any atom is -0.207 e. The standard InChI is InChI=1S/C11H14Cl3NO2S/c1-7(2)15(3)18(16,17)11-4-8(6-12)9(13)5-10(11)14/h4-5,7H,6H2,1-3H3. The lowest BCUT2D eigenvalue weighted by molar-refractivity contribution is 0.410. The Labute approximate surface area is 123 Å². The van der Waals surface area contributed by atoms with Crippen molar-refractivity contribution in [2.45, 2.75) is 30.7 Å². The third kappa shape index (κ3) is 3.11. The number of halogens is 3. The molecule has 0 radical (unpaired) electrons. The molecule has 0 saturated carbocycles. The van der Waals surface area contributed by atoms with Crippen molar-refractivity contribution in [3.63, 3.8) is 0 Å². The molecule has 18 heavy (non-hydrogen) atoms. The molecule has 0 amide bonds. The highest BCUT2D eigenvalue weighted by atomic mass is 35.5. The first-order chi connectivity index (χ1) is 8.21. The summed E-state index contributed by atoms with van der Waals surface area (Å²) in [5, 5.41) is 0.461. The van der Waals surface area contributed by atoms with Gasteiger partial charge in [0.15, 0.2) is 0 Å². The number of hydrogen-bond donors (Lipinski definition) is 0. The molecule has 7 heteroatoms. The summed E-state index contributed by atoms with van der Waals surface area (Å²) >= 11 is 17.6. The quantitative estimate of drug-likeness (QED) is 0.788. The van der Waals surface area contributed by atoms with E-state index in [9.17, 15) is 8.42 Å². The summed E-state index contributed by atoms with van der Waals surface area (Å²) in [4.78, 5) is 0.0282. The predicted octanol–water partition coefficient (Wildman–Crippen LogP) is 3.76. The van der Waals surface area contributed by atoms with Crippen LogP contribution in [-0.2, 0) is 15.9 Å². The zero-order valence-corrected chi connectivity index (χ0v) is 13.3. The monoisotopic (exact) mass is 329 g/mol. The maximum atomic E-state index is 12.3. The SMILES string of the molecule is CC(C)N(C)S(=O)(=O)c1cc(CCl)c(Cl)cc1Cl. The fourth-order valence-electron chi connectivity index (χ4n) is 1.30. The van der Waals surface area contributed by atoms with Crippen LogP contribution in [0.25, 0.3) is 0 Å². The molecule has 0 aliphatic heterocycles. The van der Waals surface area contributed by atoms with E-state index in [4.69, 9.17) is 34.8 Å². The highest BCUT2D eigenvalue weighted by molar-refractivity contribution is 7.89. The Hall–Kier alpha value is -0.000000000000000111. The molecule has 1 aromatic carbocycles. The molecule has 0 aromatic heterocycles. The topological polar surface area (TPSA) is 37.4 Å². The van der Waals surface area contributed by atoms with Gasteiger partial charge in [0.25, 0.3) is 0 Å². The van der Waals surface area contributed by atoms with Gasteiger partial charge in [0.05, 0.1) is 5.02 Å². The van der Waals surface area contributed by atoms with Crippen LogP contribution in [0.15, 0.2) is 17.0 Å². The first-order valence-corrected chi connectivity index (χ1v) is 7.96. The molecule has 0 heterocycles. The van der Waals surface area contributed by atoms with E-state index in [1.54, 1.807) is 13.8 Å². The van der Waals surface area contributed by atoms with Crippen molar-refractivity contribution < 1.29 is 8.42 Å². The predicted molar refractivity (Wildman–Crippen MR) is 76.1 cm³/mol. The minimum absolute atomic E-state index is 0.0282. The van der Waals surface area contributed by atoms with Gasteiger partial charge in [-0.1, -0.05) is 23.2 Å². The van der Waals surface area contributed by atoms with Gasteiger partial charge in [-0.25, -0.2) is 8.42 Å². The fourth-order valence-corrected chi connectivity index (χ4v) is 3.80. The highest BCUT2D eigenvalue weighted by Gasteiger charge is 2.26. The van der Waals surface area contributed by atoms with Crippen LogP contribution in [0.1, 0.15) is 19.4 Å². The maximum absolute atomic E-state index is 12.3. The van der Waals surface area contributed by atoms with Crippen molar-refractivity contribution in [1.29, 1.82) is 0 Å². The Kier molecular flexibility index (Phi) is 5.32. The lowest BCUT2D eigenvalue weighted by atomic mass is 10.2. The Morgan fingerprint density at radius 2 is 1.78 bits per heavy atom. The van der Waals surface area contributed by atoms with Gasteiger partial charge in [-0.3, -0.25) is 0 Å².